The smallest absolute Gasteiger partial charge is 0.340 e. The second-order valence-electron chi connectivity index (χ2n) is 7.25. The van der Waals surface area contributed by atoms with Crippen molar-refractivity contribution in [2.45, 2.75) is 37.4 Å². The molecule has 0 aliphatic heterocycles. The third-order valence-corrected chi connectivity index (χ3v) is 7.04. The minimum atomic E-state index is -4.66. The number of sulfonamides is 1. The summed E-state index contributed by atoms with van der Waals surface area (Å²) in [5.41, 5.74) is -2.78. The molecule has 1 aliphatic rings. The Bertz CT molecular complexity index is 1130. The highest BCUT2D eigenvalue weighted by atomic mass is 35.5. The Labute approximate surface area is 174 Å². The molecule has 2 atom stereocenters. The van der Waals surface area contributed by atoms with Crippen LogP contribution in [0.4, 0.5) is 23.2 Å². The van der Waals surface area contributed by atoms with Crippen LogP contribution in [0.2, 0.25) is 5.15 Å². The van der Waals surface area contributed by atoms with Crippen molar-refractivity contribution in [3.8, 4) is 0 Å². The first-order valence-corrected chi connectivity index (χ1v) is 10.4. The van der Waals surface area contributed by atoms with Gasteiger partial charge in [-0.15, -0.1) is 0 Å². The lowest BCUT2D eigenvalue weighted by atomic mass is 10.1. The summed E-state index contributed by atoms with van der Waals surface area (Å²) in [7, 11) is -3.39. The van der Waals surface area contributed by atoms with Crippen LogP contribution in [0.5, 0.6) is 0 Å². The van der Waals surface area contributed by atoms with Crippen LogP contribution in [0.1, 0.15) is 29.5 Å². The topological polar surface area (TPSA) is 93.1 Å². The Hall–Kier alpha value is -2.18. The maximum atomic E-state index is 15.0. The van der Waals surface area contributed by atoms with Crippen molar-refractivity contribution in [1.29, 1.82) is 0 Å². The van der Waals surface area contributed by atoms with Crippen LogP contribution in [0.15, 0.2) is 23.2 Å². The van der Waals surface area contributed by atoms with E-state index in [1.165, 1.54) is 32.3 Å². The molecule has 1 saturated carbocycles. The van der Waals surface area contributed by atoms with Crippen LogP contribution >= 0.6 is 11.6 Å². The lowest BCUT2D eigenvalue weighted by molar-refractivity contribution is -0.183. The second-order valence-corrected chi connectivity index (χ2v) is 9.29. The number of amides is 1. The highest BCUT2D eigenvalue weighted by Crippen LogP contribution is 2.57. The molecule has 1 aliphatic carbocycles. The van der Waals surface area contributed by atoms with Crippen molar-refractivity contribution in [3.63, 3.8) is 0 Å². The molecule has 0 bridgehead atoms. The Morgan fingerprint density at radius 3 is 2.57 bits per heavy atom. The molecule has 2 N–H and O–H groups in total. The van der Waals surface area contributed by atoms with Crippen molar-refractivity contribution in [1.82, 2.24) is 14.3 Å². The third-order valence-electron chi connectivity index (χ3n) is 5.22. The van der Waals surface area contributed by atoms with Gasteiger partial charge in [0, 0.05) is 30.7 Å². The fraction of sp³-hybridized carbons (Fsp3) is 0.412. The van der Waals surface area contributed by atoms with E-state index in [4.69, 9.17) is 11.6 Å². The number of pyridine rings is 1. The van der Waals surface area contributed by atoms with Crippen LogP contribution in [0.3, 0.4) is 0 Å². The van der Waals surface area contributed by atoms with Crippen molar-refractivity contribution in [2.75, 3.05) is 5.32 Å². The van der Waals surface area contributed by atoms with Gasteiger partial charge in [0.05, 0.1) is 5.41 Å². The van der Waals surface area contributed by atoms with Crippen molar-refractivity contribution < 1.29 is 30.8 Å². The van der Waals surface area contributed by atoms with Gasteiger partial charge < -0.3 is 9.88 Å². The van der Waals surface area contributed by atoms with Crippen molar-refractivity contribution in [3.05, 3.63) is 40.7 Å². The first-order chi connectivity index (χ1) is 13.7. The summed E-state index contributed by atoms with van der Waals surface area (Å²) in [6.45, 7) is 2.13. The number of carbonyl (C=O) groups excluding carboxylic acids is 1. The minimum absolute atomic E-state index is 0.0703. The van der Waals surface area contributed by atoms with E-state index in [9.17, 15) is 26.4 Å². The Morgan fingerprint density at radius 1 is 1.40 bits per heavy atom. The van der Waals surface area contributed by atoms with Gasteiger partial charge in [0.1, 0.15) is 15.7 Å². The average Bonchev–Trinajstić information content (AvgIpc) is 3.17. The summed E-state index contributed by atoms with van der Waals surface area (Å²) in [4.78, 5) is 15.4. The van der Waals surface area contributed by atoms with Gasteiger partial charge in [0.15, 0.2) is 5.82 Å². The van der Waals surface area contributed by atoms with E-state index < -0.39 is 56.4 Å². The first-order valence-electron chi connectivity index (χ1n) is 8.56. The molecule has 13 heteroatoms. The third kappa shape index (κ3) is 3.79. The second kappa shape index (κ2) is 7.20. The molecule has 1 unspecified atom stereocenters. The Balaban J connectivity index is 1.91. The van der Waals surface area contributed by atoms with Gasteiger partial charge in [-0.25, -0.2) is 22.5 Å². The largest absolute Gasteiger partial charge is 0.395 e. The summed E-state index contributed by atoms with van der Waals surface area (Å²) in [6, 6.07) is 1.27. The van der Waals surface area contributed by atoms with Gasteiger partial charge >= 0.3 is 6.18 Å². The SMILES string of the molecule is Cc1c(S(=O)(=O)NC2C[C@]2(C)C(F)(F)F)c(F)c(C(=O)Nc2ccnc(Cl)c2)n1C. The van der Waals surface area contributed by atoms with E-state index in [-0.39, 0.29) is 16.5 Å². The molecule has 2 aromatic heterocycles. The minimum Gasteiger partial charge on any atom is -0.340 e. The number of alkyl halides is 3. The molecule has 7 nitrogen and oxygen atoms in total. The number of hydrogen-bond donors (Lipinski definition) is 2. The zero-order valence-electron chi connectivity index (χ0n) is 15.9. The fourth-order valence-electron chi connectivity index (χ4n) is 3.06. The van der Waals surface area contributed by atoms with Gasteiger partial charge in [-0.3, -0.25) is 4.79 Å². The number of rotatable bonds is 5. The molecule has 164 valence electrons. The van der Waals surface area contributed by atoms with Crippen LogP contribution in [-0.2, 0) is 17.1 Å². The van der Waals surface area contributed by atoms with Gasteiger partial charge in [0.25, 0.3) is 5.91 Å². The van der Waals surface area contributed by atoms with E-state index >= 15 is 4.39 Å². The van der Waals surface area contributed by atoms with E-state index in [1.807, 2.05) is 4.72 Å². The molecule has 0 aromatic carbocycles. The number of halogens is 5. The number of nitrogens with one attached hydrogen (secondary N) is 2. The van der Waals surface area contributed by atoms with Crippen LogP contribution < -0.4 is 10.0 Å². The maximum absolute atomic E-state index is 15.0. The molecule has 0 spiro atoms. The van der Waals surface area contributed by atoms with Gasteiger partial charge in [-0.2, -0.15) is 13.2 Å². The first kappa shape index (κ1) is 22.5. The van der Waals surface area contributed by atoms with E-state index in [2.05, 4.69) is 10.3 Å². The summed E-state index contributed by atoms with van der Waals surface area (Å²) in [5, 5.41) is 2.44. The predicted molar refractivity (Wildman–Crippen MR) is 100 cm³/mol. The standard InChI is InChI=1S/C17H17ClF4N4O3S/c1-8-14(30(28,29)25-10-7-16(10,2)17(20,21)22)12(19)13(26(8)3)15(27)24-9-4-5-23-11(18)6-9/h4-6,10,25H,7H2,1-3H3,(H,23,24,27)/t10?,16-/m0/s1. The van der Waals surface area contributed by atoms with E-state index in [0.29, 0.717) is 0 Å². The van der Waals surface area contributed by atoms with Gasteiger partial charge in [0.2, 0.25) is 10.0 Å². The lowest BCUT2D eigenvalue weighted by Gasteiger charge is -2.16. The fourth-order valence-corrected chi connectivity index (χ4v) is 4.93. The van der Waals surface area contributed by atoms with E-state index in [0.717, 1.165) is 11.5 Å². The normalized spacial score (nSPS) is 21.5. The van der Waals surface area contributed by atoms with Gasteiger partial charge in [-0.1, -0.05) is 11.6 Å². The molecule has 2 aromatic rings. The van der Waals surface area contributed by atoms with Crippen LogP contribution in [0.25, 0.3) is 0 Å². The highest BCUT2D eigenvalue weighted by molar-refractivity contribution is 7.89. The zero-order valence-corrected chi connectivity index (χ0v) is 17.5. The molecule has 2 heterocycles. The van der Waals surface area contributed by atoms with Crippen molar-refractivity contribution >= 4 is 33.2 Å². The van der Waals surface area contributed by atoms with E-state index in [1.54, 1.807) is 0 Å². The molecule has 30 heavy (non-hydrogen) atoms. The zero-order chi connectivity index (χ0) is 22.6. The molecule has 3 rings (SSSR count). The summed E-state index contributed by atoms with van der Waals surface area (Å²) in [5.74, 6) is -2.33. The molecule has 1 amide bonds. The summed E-state index contributed by atoms with van der Waals surface area (Å²) in [6.07, 6.45) is -3.77. The number of hydrogen-bond acceptors (Lipinski definition) is 4. The number of nitrogens with zero attached hydrogens (tertiary/aromatic N) is 2. The average molecular weight is 469 g/mol. The highest BCUT2D eigenvalue weighted by Gasteiger charge is 2.68. The number of anilines is 1. The van der Waals surface area contributed by atoms with Crippen LogP contribution in [0, 0.1) is 18.2 Å². The quantitative estimate of drug-likeness (QED) is 0.519. The van der Waals surface area contributed by atoms with Crippen molar-refractivity contribution in [2.24, 2.45) is 12.5 Å². The molecule has 0 radical (unpaired) electrons. The number of aromatic nitrogens is 2. The monoisotopic (exact) mass is 468 g/mol. The number of carbonyl (C=O) groups is 1. The summed E-state index contributed by atoms with van der Waals surface area (Å²) < 4.78 is 82.3. The Kier molecular flexibility index (Phi) is 5.40. The predicted octanol–water partition coefficient (Wildman–Crippen LogP) is 3.39. The maximum Gasteiger partial charge on any atom is 0.395 e. The molecular formula is C17H17ClF4N4O3S. The molecule has 0 saturated heterocycles. The van der Waals surface area contributed by atoms with Gasteiger partial charge in [-0.05, 0) is 32.4 Å². The van der Waals surface area contributed by atoms with Crippen LogP contribution in [-0.4, -0.2) is 36.1 Å². The summed E-state index contributed by atoms with van der Waals surface area (Å²) >= 11 is 5.73. The molecule has 1 fully saturated rings. The lowest BCUT2D eigenvalue weighted by Crippen LogP contribution is -2.35. The molecular weight excluding hydrogens is 452 g/mol. The Morgan fingerprint density at radius 2 is 2.03 bits per heavy atom.